The van der Waals surface area contributed by atoms with Gasteiger partial charge in [0.1, 0.15) is 0 Å². The molecule has 1 unspecified atom stereocenters. The largest absolute Gasteiger partial charge is 0.374 e. The minimum absolute atomic E-state index is 0.602. The van der Waals surface area contributed by atoms with Gasteiger partial charge >= 0.3 is 0 Å². The van der Waals surface area contributed by atoms with Crippen LogP contribution in [-0.2, 0) is 0 Å². The van der Waals surface area contributed by atoms with Gasteiger partial charge in [-0.3, -0.25) is 0 Å². The van der Waals surface area contributed by atoms with Crippen LogP contribution in [0, 0.1) is 0 Å². The van der Waals surface area contributed by atoms with E-state index < -0.39 is 0 Å². The van der Waals surface area contributed by atoms with Gasteiger partial charge < -0.3 is 14.7 Å². The lowest BCUT2D eigenvalue weighted by atomic mass is 10.2. The molecule has 0 aliphatic heterocycles. The monoisotopic (exact) mass is 279 g/mol. The highest BCUT2D eigenvalue weighted by Gasteiger charge is 2.10. The molecule has 0 amide bonds. The second-order valence-electron chi connectivity index (χ2n) is 6.01. The first kappa shape index (κ1) is 18.9. The number of likely N-dealkylation sites (N-methyl/N-ethyl adjacent to an activating group) is 2. The molecule has 0 aromatic rings. The van der Waals surface area contributed by atoms with Crippen molar-refractivity contribution in [2.75, 3.05) is 47.8 Å². The minimum Gasteiger partial charge on any atom is -0.374 e. The van der Waals surface area contributed by atoms with Crippen LogP contribution in [0.4, 0.5) is 0 Å². The Kier molecular flexibility index (Phi) is 9.26. The Labute approximate surface area is 126 Å². The Bertz CT molecular complexity index is 331. The molecule has 0 aromatic carbocycles. The van der Waals surface area contributed by atoms with E-state index in [-0.39, 0.29) is 0 Å². The molecule has 0 rings (SSSR count). The van der Waals surface area contributed by atoms with Crippen LogP contribution in [0.2, 0.25) is 0 Å². The van der Waals surface area contributed by atoms with E-state index in [0.29, 0.717) is 6.04 Å². The molecule has 0 aliphatic rings. The van der Waals surface area contributed by atoms with Gasteiger partial charge in [0.2, 0.25) is 0 Å². The predicted octanol–water partition coefficient (Wildman–Crippen LogP) is 2.84. The molecular weight excluding hydrogens is 246 g/mol. The van der Waals surface area contributed by atoms with Crippen molar-refractivity contribution in [3.05, 3.63) is 36.6 Å². The molecule has 0 aliphatic carbocycles. The van der Waals surface area contributed by atoms with E-state index in [4.69, 9.17) is 0 Å². The molecule has 3 heteroatoms. The number of rotatable bonds is 10. The minimum atomic E-state index is 0.602. The van der Waals surface area contributed by atoms with Crippen molar-refractivity contribution in [3.8, 4) is 0 Å². The van der Waals surface area contributed by atoms with Crippen molar-refractivity contribution in [2.24, 2.45) is 0 Å². The van der Waals surface area contributed by atoms with Crippen LogP contribution in [-0.4, -0.2) is 68.6 Å². The summed E-state index contributed by atoms with van der Waals surface area (Å²) in [6, 6.07) is 0.602. The fraction of sp³-hybridized carbons (Fsp3) is 0.647. The zero-order valence-electron chi connectivity index (χ0n) is 14.3. The molecule has 0 heterocycles. The molecular formula is C17H33N3. The molecule has 0 saturated heterocycles. The molecule has 116 valence electrons. The van der Waals surface area contributed by atoms with Crippen LogP contribution >= 0.6 is 0 Å². The summed E-state index contributed by atoms with van der Waals surface area (Å²) in [4.78, 5) is 6.84. The highest BCUT2D eigenvalue weighted by molar-refractivity contribution is 5.21. The lowest BCUT2D eigenvalue weighted by Crippen LogP contribution is -2.37. The predicted molar refractivity (Wildman–Crippen MR) is 91.0 cm³/mol. The lowest BCUT2D eigenvalue weighted by Gasteiger charge is -2.29. The summed E-state index contributed by atoms with van der Waals surface area (Å²) in [5, 5.41) is 0. The quantitative estimate of drug-likeness (QED) is 0.569. The number of hydrogen-bond donors (Lipinski definition) is 0. The maximum Gasteiger partial charge on any atom is 0.0302 e. The Morgan fingerprint density at radius 3 is 2.10 bits per heavy atom. The highest BCUT2D eigenvalue weighted by Crippen LogP contribution is 2.05. The van der Waals surface area contributed by atoms with Gasteiger partial charge in [-0.25, -0.2) is 0 Å². The van der Waals surface area contributed by atoms with Gasteiger partial charge in [-0.2, -0.15) is 0 Å². The summed E-state index contributed by atoms with van der Waals surface area (Å²) < 4.78 is 0. The molecule has 3 nitrogen and oxygen atoms in total. The molecule has 0 bridgehead atoms. The first-order chi connectivity index (χ1) is 9.23. The van der Waals surface area contributed by atoms with Crippen molar-refractivity contribution in [1.82, 2.24) is 14.7 Å². The van der Waals surface area contributed by atoms with E-state index in [1.807, 2.05) is 19.1 Å². The molecule has 1 atom stereocenters. The Hall–Kier alpha value is -1.06. The van der Waals surface area contributed by atoms with Crippen LogP contribution < -0.4 is 0 Å². The molecule has 0 saturated carbocycles. The van der Waals surface area contributed by atoms with Gasteiger partial charge in [0.05, 0.1) is 0 Å². The normalized spacial score (nSPS) is 13.2. The van der Waals surface area contributed by atoms with Crippen molar-refractivity contribution in [2.45, 2.75) is 26.3 Å². The maximum absolute atomic E-state index is 4.08. The summed E-state index contributed by atoms with van der Waals surface area (Å²) in [7, 11) is 8.53. The fourth-order valence-electron chi connectivity index (χ4n) is 1.70. The second-order valence-corrected chi connectivity index (χ2v) is 6.01. The van der Waals surface area contributed by atoms with E-state index >= 15 is 0 Å². The summed E-state index contributed by atoms with van der Waals surface area (Å²) in [6.45, 7) is 15.4. The summed E-state index contributed by atoms with van der Waals surface area (Å²) in [6.07, 6.45) is 5.23. The number of nitrogens with zero attached hydrogens (tertiary/aromatic N) is 3. The van der Waals surface area contributed by atoms with Crippen LogP contribution in [0.25, 0.3) is 0 Å². The fourth-order valence-corrected chi connectivity index (χ4v) is 1.70. The maximum atomic E-state index is 4.08. The van der Waals surface area contributed by atoms with Crippen LogP contribution in [0.5, 0.6) is 0 Å². The van der Waals surface area contributed by atoms with E-state index in [9.17, 15) is 0 Å². The van der Waals surface area contributed by atoms with Crippen molar-refractivity contribution in [3.63, 3.8) is 0 Å². The van der Waals surface area contributed by atoms with Gasteiger partial charge in [-0.05, 0) is 54.0 Å². The number of hydrogen-bond acceptors (Lipinski definition) is 3. The van der Waals surface area contributed by atoms with Gasteiger partial charge in [0, 0.05) is 31.9 Å². The Balaban J connectivity index is 4.07. The van der Waals surface area contributed by atoms with Gasteiger partial charge in [0.25, 0.3) is 0 Å². The summed E-state index contributed by atoms with van der Waals surface area (Å²) in [5.41, 5.74) is 2.08. The molecule has 0 N–H and O–H groups in total. The topological polar surface area (TPSA) is 9.72 Å². The molecule has 0 radical (unpaired) electrons. The highest BCUT2D eigenvalue weighted by atomic mass is 15.2. The van der Waals surface area contributed by atoms with E-state index in [0.717, 1.165) is 30.9 Å². The van der Waals surface area contributed by atoms with Gasteiger partial charge in [-0.1, -0.05) is 24.8 Å². The summed E-state index contributed by atoms with van der Waals surface area (Å²) >= 11 is 0. The molecule has 0 aromatic heterocycles. The Morgan fingerprint density at radius 1 is 1.00 bits per heavy atom. The third-order valence-corrected chi connectivity index (χ3v) is 3.59. The van der Waals surface area contributed by atoms with E-state index in [2.05, 4.69) is 63.0 Å². The third kappa shape index (κ3) is 8.94. The third-order valence-electron chi connectivity index (χ3n) is 3.59. The number of allylic oxidation sites excluding steroid dienone is 3. The van der Waals surface area contributed by atoms with Crippen molar-refractivity contribution in [1.29, 1.82) is 0 Å². The van der Waals surface area contributed by atoms with Crippen LogP contribution in [0.15, 0.2) is 36.6 Å². The first-order valence-corrected chi connectivity index (χ1v) is 7.32. The van der Waals surface area contributed by atoms with Gasteiger partial charge in [-0.15, -0.1) is 0 Å². The first-order valence-electron chi connectivity index (χ1n) is 7.32. The van der Waals surface area contributed by atoms with E-state index in [1.165, 1.54) is 6.42 Å². The SMILES string of the molecule is C=C(C)/C=C\C(=C)N(C)CCN(C)C(C)CCN(C)C. The Morgan fingerprint density at radius 2 is 1.60 bits per heavy atom. The smallest absolute Gasteiger partial charge is 0.0302 e. The standard InChI is InChI=1S/C17H33N3/c1-15(2)9-10-16(3)19(7)13-14-20(8)17(4)11-12-18(5)6/h9-10,17H,1,3,11-14H2,2,4-8H3/b10-9-. The second kappa shape index (κ2) is 9.78. The van der Waals surface area contributed by atoms with Crippen LogP contribution in [0.1, 0.15) is 20.3 Å². The molecule has 0 fully saturated rings. The van der Waals surface area contributed by atoms with Crippen LogP contribution in [0.3, 0.4) is 0 Å². The zero-order valence-corrected chi connectivity index (χ0v) is 14.3. The molecule has 20 heavy (non-hydrogen) atoms. The molecule has 0 spiro atoms. The van der Waals surface area contributed by atoms with Crippen molar-refractivity contribution < 1.29 is 0 Å². The lowest BCUT2D eigenvalue weighted by molar-refractivity contribution is 0.210. The van der Waals surface area contributed by atoms with E-state index in [1.54, 1.807) is 0 Å². The van der Waals surface area contributed by atoms with Crippen molar-refractivity contribution >= 4 is 0 Å². The summed E-state index contributed by atoms with van der Waals surface area (Å²) in [5.74, 6) is 0. The average molecular weight is 279 g/mol. The average Bonchev–Trinajstić information content (AvgIpc) is 2.38. The zero-order chi connectivity index (χ0) is 15.7. The van der Waals surface area contributed by atoms with Gasteiger partial charge in [0.15, 0.2) is 0 Å².